The van der Waals surface area contributed by atoms with Crippen molar-refractivity contribution in [2.24, 2.45) is 0 Å². The van der Waals surface area contributed by atoms with Gasteiger partial charge in [-0.05, 0) is 35.9 Å². The molecular weight excluding hydrogens is 389 g/mol. The van der Waals surface area contributed by atoms with Gasteiger partial charge >= 0.3 is 0 Å². The molecule has 0 unspecified atom stereocenters. The van der Waals surface area contributed by atoms with Crippen LogP contribution in [-0.2, 0) is 6.54 Å². The summed E-state index contributed by atoms with van der Waals surface area (Å²) >= 11 is 17.5. The van der Waals surface area contributed by atoms with Crippen LogP contribution in [0, 0.1) is 0 Å². The summed E-state index contributed by atoms with van der Waals surface area (Å²) < 4.78 is 1.05. The molecule has 2 aromatic rings. The summed E-state index contributed by atoms with van der Waals surface area (Å²) in [6, 6.07) is 12.3. The Morgan fingerprint density at radius 1 is 1.10 bits per heavy atom. The van der Waals surface area contributed by atoms with Gasteiger partial charge in [0.1, 0.15) is 0 Å². The third-order valence-electron chi connectivity index (χ3n) is 2.84. The van der Waals surface area contributed by atoms with Crippen molar-refractivity contribution in [1.82, 2.24) is 5.32 Å². The number of rotatable bonds is 5. The lowest BCUT2D eigenvalue weighted by Crippen LogP contribution is -2.22. The first-order valence-corrected chi connectivity index (χ1v) is 8.97. The van der Waals surface area contributed by atoms with E-state index in [1.807, 2.05) is 12.1 Å². The standard InChI is InChI=1S/C16H16BrCl2NS/c1-10(2)20-9-11-3-4-12(17)7-15(11)21-16-8-13(18)5-6-14(16)19/h3-8,10,20H,9H2,1-2H3. The van der Waals surface area contributed by atoms with Crippen LogP contribution in [0.1, 0.15) is 19.4 Å². The van der Waals surface area contributed by atoms with Gasteiger partial charge in [0.25, 0.3) is 0 Å². The lowest BCUT2D eigenvalue weighted by molar-refractivity contribution is 0.584. The molecule has 0 aliphatic rings. The molecule has 1 N–H and O–H groups in total. The van der Waals surface area contributed by atoms with E-state index in [4.69, 9.17) is 23.2 Å². The Bertz CT molecular complexity index is 632. The highest BCUT2D eigenvalue weighted by atomic mass is 79.9. The van der Waals surface area contributed by atoms with Crippen LogP contribution in [0.25, 0.3) is 0 Å². The molecular formula is C16H16BrCl2NS. The van der Waals surface area contributed by atoms with E-state index in [2.05, 4.69) is 53.3 Å². The Balaban J connectivity index is 2.29. The molecule has 0 saturated carbocycles. The van der Waals surface area contributed by atoms with E-state index in [1.165, 1.54) is 10.5 Å². The molecule has 21 heavy (non-hydrogen) atoms. The molecule has 0 spiro atoms. The maximum absolute atomic E-state index is 6.26. The van der Waals surface area contributed by atoms with Crippen LogP contribution < -0.4 is 5.32 Å². The Morgan fingerprint density at radius 3 is 2.57 bits per heavy atom. The molecule has 0 radical (unpaired) electrons. The zero-order chi connectivity index (χ0) is 15.4. The van der Waals surface area contributed by atoms with Gasteiger partial charge in [0, 0.05) is 31.9 Å². The summed E-state index contributed by atoms with van der Waals surface area (Å²) in [6.07, 6.45) is 0. The predicted molar refractivity (Wildman–Crippen MR) is 96.7 cm³/mol. The van der Waals surface area contributed by atoms with Crippen molar-refractivity contribution >= 4 is 50.9 Å². The van der Waals surface area contributed by atoms with Gasteiger partial charge in [-0.3, -0.25) is 0 Å². The normalized spacial score (nSPS) is 11.1. The summed E-state index contributed by atoms with van der Waals surface area (Å²) in [5.41, 5.74) is 1.24. The Labute approximate surface area is 148 Å². The summed E-state index contributed by atoms with van der Waals surface area (Å²) in [6.45, 7) is 5.10. The Hall–Kier alpha value is -0.190. The van der Waals surface area contributed by atoms with Crippen LogP contribution >= 0.6 is 50.9 Å². The molecule has 5 heteroatoms. The van der Waals surface area contributed by atoms with E-state index in [-0.39, 0.29) is 0 Å². The van der Waals surface area contributed by atoms with Crippen molar-refractivity contribution in [3.8, 4) is 0 Å². The Kier molecular flexibility index (Phi) is 6.45. The van der Waals surface area contributed by atoms with Crippen LogP contribution in [0.15, 0.2) is 50.7 Å². The maximum Gasteiger partial charge on any atom is 0.0546 e. The minimum Gasteiger partial charge on any atom is -0.310 e. The molecule has 0 aliphatic carbocycles. The average Bonchev–Trinajstić information content (AvgIpc) is 2.42. The zero-order valence-corrected chi connectivity index (χ0v) is 15.7. The summed E-state index contributed by atoms with van der Waals surface area (Å²) in [7, 11) is 0. The fourth-order valence-electron chi connectivity index (χ4n) is 1.76. The molecule has 0 aliphatic heterocycles. The zero-order valence-electron chi connectivity index (χ0n) is 11.8. The van der Waals surface area contributed by atoms with Crippen molar-refractivity contribution in [1.29, 1.82) is 0 Å². The first kappa shape index (κ1) is 17.2. The summed E-state index contributed by atoms with van der Waals surface area (Å²) in [5, 5.41) is 4.85. The molecule has 0 saturated heterocycles. The van der Waals surface area contributed by atoms with Crippen LogP contribution in [0.3, 0.4) is 0 Å². The van der Waals surface area contributed by atoms with Crippen LogP contribution in [0.2, 0.25) is 10.0 Å². The highest BCUT2D eigenvalue weighted by Crippen LogP contribution is 2.37. The van der Waals surface area contributed by atoms with Gasteiger partial charge in [-0.25, -0.2) is 0 Å². The topological polar surface area (TPSA) is 12.0 Å². The first-order chi connectivity index (χ1) is 9.95. The second-order valence-corrected chi connectivity index (χ2v) is 7.81. The van der Waals surface area contributed by atoms with E-state index in [9.17, 15) is 0 Å². The monoisotopic (exact) mass is 403 g/mol. The second kappa shape index (κ2) is 7.89. The van der Waals surface area contributed by atoms with Crippen LogP contribution in [-0.4, -0.2) is 6.04 Å². The van der Waals surface area contributed by atoms with E-state index < -0.39 is 0 Å². The lowest BCUT2D eigenvalue weighted by Gasteiger charge is -2.13. The first-order valence-electron chi connectivity index (χ1n) is 6.60. The van der Waals surface area contributed by atoms with Gasteiger partial charge in [0.2, 0.25) is 0 Å². The molecule has 2 rings (SSSR count). The van der Waals surface area contributed by atoms with Gasteiger partial charge in [-0.15, -0.1) is 0 Å². The van der Waals surface area contributed by atoms with Gasteiger partial charge in [-0.1, -0.05) is 70.8 Å². The van der Waals surface area contributed by atoms with Gasteiger partial charge in [-0.2, -0.15) is 0 Å². The number of nitrogens with one attached hydrogen (secondary N) is 1. The van der Waals surface area contributed by atoms with Crippen LogP contribution in [0.5, 0.6) is 0 Å². The third kappa shape index (κ3) is 5.19. The van der Waals surface area contributed by atoms with Crippen molar-refractivity contribution < 1.29 is 0 Å². The maximum atomic E-state index is 6.26. The minimum absolute atomic E-state index is 0.446. The van der Waals surface area contributed by atoms with E-state index in [1.54, 1.807) is 17.8 Å². The predicted octanol–water partition coefficient (Wildman–Crippen LogP) is 6.41. The summed E-state index contributed by atoms with van der Waals surface area (Å²) in [5.74, 6) is 0. The number of benzene rings is 2. The van der Waals surface area contributed by atoms with Crippen molar-refractivity contribution in [2.75, 3.05) is 0 Å². The van der Waals surface area contributed by atoms with Crippen molar-refractivity contribution in [3.05, 3.63) is 56.5 Å². The van der Waals surface area contributed by atoms with E-state index in [0.717, 1.165) is 15.9 Å². The lowest BCUT2D eigenvalue weighted by atomic mass is 10.2. The fraction of sp³-hybridized carbons (Fsp3) is 0.250. The van der Waals surface area contributed by atoms with Gasteiger partial charge < -0.3 is 5.32 Å². The quantitative estimate of drug-likeness (QED) is 0.618. The third-order valence-corrected chi connectivity index (χ3v) is 5.17. The summed E-state index contributed by atoms with van der Waals surface area (Å²) in [4.78, 5) is 2.13. The Morgan fingerprint density at radius 2 is 1.86 bits per heavy atom. The number of hydrogen-bond donors (Lipinski definition) is 1. The highest BCUT2D eigenvalue weighted by molar-refractivity contribution is 9.10. The number of hydrogen-bond acceptors (Lipinski definition) is 2. The van der Waals surface area contributed by atoms with E-state index >= 15 is 0 Å². The SMILES string of the molecule is CC(C)NCc1ccc(Br)cc1Sc1cc(Cl)ccc1Cl. The molecule has 0 heterocycles. The van der Waals surface area contributed by atoms with Crippen molar-refractivity contribution in [3.63, 3.8) is 0 Å². The molecule has 0 bridgehead atoms. The minimum atomic E-state index is 0.446. The second-order valence-electron chi connectivity index (χ2n) is 4.96. The van der Waals surface area contributed by atoms with Crippen molar-refractivity contribution in [2.45, 2.75) is 36.2 Å². The molecule has 0 fully saturated rings. The molecule has 2 aromatic carbocycles. The average molecular weight is 405 g/mol. The molecule has 0 aromatic heterocycles. The molecule has 0 atom stereocenters. The molecule has 0 amide bonds. The fourth-order valence-corrected chi connectivity index (χ4v) is 3.79. The highest BCUT2D eigenvalue weighted by Gasteiger charge is 2.09. The largest absolute Gasteiger partial charge is 0.310 e. The molecule has 1 nitrogen and oxygen atoms in total. The van der Waals surface area contributed by atoms with E-state index in [0.29, 0.717) is 16.1 Å². The van der Waals surface area contributed by atoms with Gasteiger partial charge in [0.05, 0.1) is 5.02 Å². The number of halogens is 3. The smallest absolute Gasteiger partial charge is 0.0546 e. The molecule has 112 valence electrons. The van der Waals surface area contributed by atoms with Crippen LogP contribution in [0.4, 0.5) is 0 Å². The van der Waals surface area contributed by atoms with Gasteiger partial charge in [0.15, 0.2) is 0 Å².